The average Bonchev–Trinajstić information content (AvgIpc) is 3.18. The quantitative estimate of drug-likeness (QED) is 0.809. The number of nitrogens with zero attached hydrogens (tertiary/aromatic N) is 1. The lowest BCUT2D eigenvalue weighted by molar-refractivity contribution is -0.120. The highest BCUT2D eigenvalue weighted by atomic mass is 32.1. The zero-order valence-corrected chi connectivity index (χ0v) is 17.6. The lowest BCUT2D eigenvalue weighted by Crippen LogP contribution is -2.29. The van der Waals surface area contributed by atoms with Crippen molar-refractivity contribution in [2.24, 2.45) is 5.92 Å². The molecular weight excluding hydrogens is 388 g/mol. The molecule has 1 aliphatic carbocycles. The Bertz CT molecular complexity index is 920. The van der Waals surface area contributed by atoms with Crippen molar-refractivity contribution < 1.29 is 19.1 Å². The van der Waals surface area contributed by atoms with Crippen LogP contribution in [-0.4, -0.2) is 43.0 Å². The fourth-order valence-electron chi connectivity index (χ4n) is 3.88. The number of anilines is 1. The number of carbonyl (C=O) groups excluding carboxylic acids is 2. The van der Waals surface area contributed by atoms with Crippen molar-refractivity contribution in [2.75, 3.05) is 31.6 Å². The predicted octanol–water partition coefficient (Wildman–Crippen LogP) is 3.74. The van der Waals surface area contributed by atoms with Crippen LogP contribution >= 0.6 is 11.3 Å². The minimum atomic E-state index is -0.0956. The Morgan fingerprint density at radius 1 is 1.14 bits per heavy atom. The predicted molar refractivity (Wildman–Crippen MR) is 113 cm³/mol. The first kappa shape index (κ1) is 19.8. The molecule has 0 spiro atoms. The molecule has 0 saturated carbocycles. The highest BCUT2D eigenvalue weighted by molar-refractivity contribution is 7.14. The van der Waals surface area contributed by atoms with E-state index in [0.29, 0.717) is 49.9 Å². The van der Waals surface area contributed by atoms with Gasteiger partial charge in [-0.1, -0.05) is 0 Å². The molecule has 29 heavy (non-hydrogen) atoms. The summed E-state index contributed by atoms with van der Waals surface area (Å²) in [7, 11) is 0. The molecule has 0 radical (unpaired) electrons. The highest BCUT2D eigenvalue weighted by Crippen LogP contribution is 2.35. The number of benzene rings is 1. The minimum absolute atomic E-state index is 0.00940. The van der Waals surface area contributed by atoms with Gasteiger partial charge in [-0.2, -0.15) is 0 Å². The van der Waals surface area contributed by atoms with Crippen LogP contribution in [0.4, 0.5) is 5.69 Å². The van der Waals surface area contributed by atoms with Crippen LogP contribution in [0.15, 0.2) is 24.3 Å². The molecule has 4 rings (SSSR count). The van der Waals surface area contributed by atoms with Gasteiger partial charge in [0.15, 0.2) is 11.5 Å². The number of ether oxygens (including phenoxy) is 2. The zero-order chi connectivity index (χ0) is 20.4. The zero-order valence-electron chi connectivity index (χ0n) is 16.8. The first-order valence-corrected chi connectivity index (χ1v) is 11.0. The van der Waals surface area contributed by atoms with E-state index >= 15 is 0 Å². The third-order valence-electron chi connectivity index (χ3n) is 5.52. The Morgan fingerprint density at radius 2 is 1.90 bits per heavy atom. The van der Waals surface area contributed by atoms with Gasteiger partial charge >= 0.3 is 0 Å². The number of carbonyl (C=O) groups is 2. The van der Waals surface area contributed by atoms with Gasteiger partial charge in [-0.3, -0.25) is 9.59 Å². The van der Waals surface area contributed by atoms with E-state index in [1.165, 1.54) is 4.88 Å². The summed E-state index contributed by atoms with van der Waals surface area (Å²) >= 11 is 1.58. The Kier molecular flexibility index (Phi) is 5.76. The summed E-state index contributed by atoms with van der Waals surface area (Å²) in [6.45, 7) is 6.46. The summed E-state index contributed by atoms with van der Waals surface area (Å²) in [4.78, 5) is 29.3. The van der Waals surface area contributed by atoms with E-state index in [1.807, 2.05) is 43.0 Å². The summed E-state index contributed by atoms with van der Waals surface area (Å²) < 4.78 is 11.1. The summed E-state index contributed by atoms with van der Waals surface area (Å²) in [5, 5.41) is 3.01. The molecule has 6 nitrogen and oxygen atoms in total. The number of fused-ring (bicyclic) bond motifs is 2. The van der Waals surface area contributed by atoms with Crippen molar-refractivity contribution in [3.63, 3.8) is 0 Å². The molecule has 154 valence electrons. The summed E-state index contributed by atoms with van der Waals surface area (Å²) in [5.74, 6) is 1.38. The van der Waals surface area contributed by atoms with Gasteiger partial charge in [-0.15, -0.1) is 11.3 Å². The van der Waals surface area contributed by atoms with Crippen molar-refractivity contribution in [1.29, 1.82) is 0 Å². The monoisotopic (exact) mass is 414 g/mol. The highest BCUT2D eigenvalue weighted by Gasteiger charge is 2.28. The smallest absolute Gasteiger partial charge is 0.263 e. The average molecular weight is 415 g/mol. The van der Waals surface area contributed by atoms with Crippen LogP contribution in [0.5, 0.6) is 11.5 Å². The molecular formula is C22H26N2O4S. The lowest BCUT2D eigenvalue weighted by Gasteiger charge is -2.22. The van der Waals surface area contributed by atoms with Crippen molar-refractivity contribution in [3.05, 3.63) is 39.6 Å². The summed E-state index contributed by atoms with van der Waals surface area (Å²) in [6.07, 6.45) is 2.31. The van der Waals surface area contributed by atoms with Crippen molar-refractivity contribution in [2.45, 2.75) is 33.1 Å². The van der Waals surface area contributed by atoms with E-state index in [0.717, 1.165) is 23.3 Å². The van der Waals surface area contributed by atoms with Gasteiger partial charge in [0.1, 0.15) is 13.2 Å². The van der Waals surface area contributed by atoms with Crippen LogP contribution in [0.1, 0.15) is 40.4 Å². The Balaban J connectivity index is 1.43. The van der Waals surface area contributed by atoms with Gasteiger partial charge < -0.3 is 19.7 Å². The second kappa shape index (κ2) is 8.45. The molecule has 2 aromatic rings. The van der Waals surface area contributed by atoms with Crippen molar-refractivity contribution in [1.82, 2.24) is 4.90 Å². The molecule has 1 N–H and O–H groups in total. The molecule has 0 fully saturated rings. The second-order valence-corrected chi connectivity index (χ2v) is 8.46. The standard InChI is InChI=1S/C22H26N2O4S/c1-3-24(4-2)22(26)20-12-15-11-14(5-8-19(15)29-20)21(25)23-16-6-7-17-18(13-16)28-10-9-27-17/h6-7,12-14H,3-5,8-11H2,1-2H3,(H,23,25). The molecule has 1 aliphatic heterocycles. The Hall–Kier alpha value is -2.54. The topological polar surface area (TPSA) is 67.9 Å². The van der Waals surface area contributed by atoms with Gasteiger partial charge in [0.25, 0.3) is 5.91 Å². The third kappa shape index (κ3) is 4.10. The number of rotatable bonds is 5. The van der Waals surface area contributed by atoms with Gasteiger partial charge in [-0.25, -0.2) is 0 Å². The van der Waals surface area contributed by atoms with Gasteiger partial charge in [0, 0.05) is 35.6 Å². The summed E-state index contributed by atoms with van der Waals surface area (Å²) in [6, 6.07) is 7.47. The molecule has 2 aliphatic rings. The Morgan fingerprint density at radius 3 is 2.66 bits per heavy atom. The molecule has 1 atom stereocenters. The number of aryl methyl sites for hydroxylation is 1. The van der Waals surface area contributed by atoms with E-state index in [4.69, 9.17) is 9.47 Å². The van der Waals surface area contributed by atoms with Crippen LogP contribution in [0.3, 0.4) is 0 Å². The van der Waals surface area contributed by atoms with E-state index < -0.39 is 0 Å². The van der Waals surface area contributed by atoms with Gasteiger partial charge in [0.05, 0.1) is 4.88 Å². The molecule has 1 aromatic carbocycles. The summed E-state index contributed by atoms with van der Waals surface area (Å²) in [5.41, 5.74) is 1.85. The fraction of sp³-hybridized carbons (Fsp3) is 0.455. The molecule has 0 bridgehead atoms. The van der Waals surface area contributed by atoms with E-state index in [9.17, 15) is 9.59 Å². The molecule has 2 heterocycles. The second-order valence-electron chi connectivity index (χ2n) is 7.32. The first-order chi connectivity index (χ1) is 14.1. The molecule has 2 amide bonds. The van der Waals surface area contributed by atoms with Crippen LogP contribution in [0, 0.1) is 5.92 Å². The van der Waals surface area contributed by atoms with Crippen LogP contribution in [0.25, 0.3) is 0 Å². The maximum atomic E-state index is 12.8. The Labute approximate surface area is 174 Å². The third-order valence-corrected chi connectivity index (χ3v) is 6.75. The van der Waals surface area contributed by atoms with E-state index in [1.54, 1.807) is 11.3 Å². The maximum Gasteiger partial charge on any atom is 0.263 e. The SMILES string of the molecule is CCN(CC)C(=O)c1cc2c(s1)CCC(C(=O)Nc1ccc3c(c1)OCCO3)C2. The number of nitrogens with one attached hydrogen (secondary N) is 1. The van der Waals surface area contributed by atoms with Crippen LogP contribution in [-0.2, 0) is 17.6 Å². The van der Waals surface area contributed by atoms with Crippen LogP contribution in [0.2, 0.25) is 0 Å². The van der Waals surface area contributed by atoms with Crippen molar-refractivity contribution >= 4 is 28.8 Å². The molecule has 7 heteroatoms. The lowest BCUT2D eigenvalue weighted by atomic mass is 9.87. The number of hydrogen-bond acceptors (Lipinski definition) is 5. The normalized spacial score (nSPS) is 17.4. The van der Waals surface area contributed by atoms with Crippen molar-refractivity contribution in [3.8, 4) is 11.5 Å². The van der Waals surface area contributed by atoms with Gasteiger partial charge in [0.2, 0.25) is 5.91 Å². The number of thiophene rings is 1. The van der Waals surface area contributed by atoms with E-state index in [2.05, 4.69) is 5.32 Å². The molecule has 1 unspecified atom stereocenters. The fourth-order valence-corrected chi connectivity index (χ4v) is 5.06. The number of hydrogen-bond donors (Lipinski definition) is 1. The molecule has 0 saturated heterocycles. The first-order valence-electron chi connectivity index (χ1n) is 10.2. The minimum Gasteiger partial charge on any atom is -0.486 e. The van der Waals surface area contributed by atoms with Crippen LogP contribution < -0.4 is 14.8 Å². The number of amides is 2. The maximum absolute atomic E-state index is 12.8. The largest absolute Gasteiger partial charge is 0.486 e. The van der Waals surface area contributed by atoms with Gasteiger partial charge in [-0.05, 0) is 56.9 Å². The molecule has 1 aromatic heterocycles. The van der Waals surface area contributed by atoms with E-state index in [-0.39, 0.29) is 17.7 Å².